The lowest BCUT2D eigenvalue weighted by molar-refractivity contribution is -0.147. The Bertz CT molecular complexity index is 396. The third-order valence-electron chi connectivity index (χ3n) is 5.70. The van der Waals surface area contributed by atoms with Crippen LogP contribution in [0.2, 0.25) is 0 Å². The van der Waals surface area contributed by atoms with Crippen molar-refractivity contribution in [2.24, 2.45) is 11.8 Å². The van der Waals surface area contributed by atoms with Crippen LogP contribution in [0.3, 0.4) is 0 Å². The van der Waals surface area contributed by atoms with Crippen LogP contribution in [-0.2, 0) is 9.59 Å². The van der Waals surface area contributed by atoms with Crippen molar-refractivity contribution >= 4 is 11.8 Å². The number of carbonyl (C=O) groups excluding carboxylic acids is 2. The van der Waals surface area contributed by atoms with E-state index >= 15 is 0 Å². The number of piperidine rings is 1. The highest BCUT2D eigenvalue weighted by Crippen LogP contribution is 2.36. The zero-order chi connectivity index (χ0) is 14.8. The molecule has 2 heterocycles. The fraction of sp³-hybridized carbons (Fsp3) is 0.882. The number of amides is 2. The van der Waals surface area contributed by atoms with Gasteiger partial charge >= 0.3 is 0 Å². The van der Waals surface area contributed by atoms with Crippen LogP contribution in [0.4, 0.5) is 0 Å². The Kier molecular flexibility index (Phi) is 4.51. The molecular formula is C17H28N2O2. The van der Waals surface area contributed by atoms with Crippen molar-refractivity contribution in [1.29, 1.82) is 0 Å². The molecule has 4 nitrogen and oxygen atoms in total. The molecule has 3 atom stereocenters. The Morgan fingerprint density at radius 2 is 1.57 bits per heavy atom. The summed E-state index contributed by atoms with van der Waals surface area (Å²) < 4.78 is 0. The predicted octanol–water partition coefficient (Wildman–Crippen LogP) is 2.43. The van der Waals surface area contributed by atoms with Crippen LogP contribution >= 0.6 is 0 Å². The van der Waals surface area contributed by atoms with Gasteiger partial charge in [0, 0.05) is 26.1 Å². The highest BCUT2D eigenvalue weighted by Gasteiger charge is 2.40. The maximum absolute atomic E-state index is 12.9. The summed E-state index contributed by atoms with van der Waals surface area (Å²) in [4.78, 5) is 28.9. The van der Waals surface area contributed by atoms with Crippen molar-refractivity contribution in [1.82, 2.24) is 9.80 Å². The molecule has 2 aliphatic heterocycles. The molecule has 0 bridgehead atoms. The summed E-state index contributed by atoms with van der Waals surface area (Å²) in [6, 6.07) is -0.175. The van der Waals surface area contributed by atoms with Crippen LogP contribution in [0, 0.1) is 11.8 Å². The van der Waals surface area contributed by atoms with Crippen molar-refractivity contribution in [2.45, 2.75) is 64.3 Å². The molecule has 1 saturated carbocycles. The highest BCUT2D eigenvalue weighted by molar-refractivity contribution is 5.88. The van der Waals surface area contributed by atoms with E-state index in [-0.39, 0.29) is 17.9 Å². The van der Waals surface area contributed by atoms with Crippen molar-refractivity contribution in [2.75, 3.05) is 19.6 Å². The summed E-state index contributed by atoms with van der Waals surface area (Å²) >= 11 is 0. The molecule has 0 N–H and O–H groups in total. The van der Waals surface area contributed by atoms with Gasteiger partial charge in [0.25, 0.3) is 0 Å². The summed E-state index contributed by atoms with van der Waals surface area (Å²) in [5, 5.41) is 0. The van der Waals surface area contributed by atoms with E-state index in [1.807, 2.05) is 11.8 Å². The van der Waals surface area contributed by atoms with Crippen LogP contribution in [0.1, 0.15) is 58.3 Å². The predicted molar refractivity (Wildman–Crippen MR) is 81.7 cm³/mol. The Morgan fingerprint density at radius 1 is 0.952 bits per heavy atom. The summed E-state index contributed by atoms with van der Waals surface area (Å²) in [5.41, 5.74) is 0. The number of nitrogens with zero attached hydrogens (tertiary/aromatic N) is 2. The normalized spacial score (nSPS) is 32.9. The molecule has 0 aromatic rings. The average Bonchev–Trinajstić information content (AvgIpc) is 2.97. The first-order valence-electron chi connectivity index (χ1n) is 8.79. The second-order valence-corrected chi connectivity index (χ2v) is 7.00. The minimum Gasteiger partial charge on any atom is -0.340 e. The molecule has 3 rings (SSSR count). The fourth-order valence-corrected chi connectivity index (χ4v) is 4.49. The van der Waals surface area contributed by atoms with Gasteiger partial charge in [-0.1, -0.05) is 19.8 Å². The van der Waals surface area contributed by atoms with Gasteiger partial charge in [-0.15, -0.1) is 0 Å². The van der Waals surface area contributed by atoms with Gasteiger partial charge in [0.1, 0.15) is 6.04 Å². The van der Waals surface area contributed by atoms with E-state index < -0.39 is 0 Å². The second-order valence-electron chi connectivity index (χ2n) is 7.00. The molecule has 3 unspecified atom stereocenters. The van der Waals surface area contributed by atoms with Crippen LogP contribution < -0.4 is 0 Å². The van der Waals surface area contributed by atoms with Gasteiger partial charge in [0.15, 0.2) is 0 Å². The number of rotatable bonds is 2. The summed E-state index contributed by atoms with van der Waals surface area (Å²) in [6.45, 7) is 4.54. The SMILES string of the molecule is CCC(=O)N1CCCCC1C(=O)N1CC2CCCCC2C1. The lowest BCUT2D eigenvalue weighted by atomic mass is 9.82. The van der Waals surface area contributed by atoms with E-state index in [1.54, 1.807) is 0 Å². The molecule has 2 amide bonds. The van der Waals surface area contributed by atoms with Crippen molar-refractivity contribution < 1.29 is 9.59 Å². The van der Waals surface area contributed by atoms with Gasteiger partial charge in [-0.3, -0.25) is 9.59 Å². The van der Waals surface area contributed by atoms with Crippen molar-refractivity contribution in [3.63, 3.8) is 0 Å². The summed E-state index contributed by atoms with van der Waals surface area (Å²) in [6.07, 6.45) is 8.71. The molecule has 0 spiro atoms. The second kappa shape index (κ2) is 6.37. The Balaban J connectivity index is 1.67. The summed E-state index contributed by atoms with van der Waals surface area (Å²) in [5.74, 6) is 1.82. The minimum atomic E-state index is -0.175. The lowest BCUT2D eigenvalue weighted by Gasteiger charge is -2.36. The van der Waals surface area contributed by atoms with E-state index in [1.165, 1.54) is 25.7 Å². The molecule has 0 radical (unpaired) electrons. The van der Waals surface area contributed by atoms with Gasteiger partial charge in [0.2, 0.25) is 11.8 Å². The number of fused-ring (bicyclic) bond motifs is 1. The maximum Gasteiger partial charge on any atom is 0.245 e. The third kappa shape index (κ3) is 2.95. The number of hydrogen-bond donors (Lipinski definition) is 0. The molecule has 1 aliphatic carbocycles. The molecule has 4 heteroatoms. The van der Waals surface area contributed by atoms with Gasteiger partial charge in [-0.25, -0.2) is 0 Å². The molecule has 0 aromatic carbocycles. The monoisotopic (exact) mass is 292 g/mol. The first-order chi connectivity index (χ1) is 10.2. The standard InChI is InChI=1S/C17H28N2O2/c1-2-16(20)19-10-6-5-9-15(19)17(21)18-11-13-7-3-4-8-14(13)12-18/h13-15H,2-12H2,1H3. The van der Waals surface area contributed by atoms with E-state index in [4.69, 9.17) is 0 Å². The Morgan fingerprint density at radius 3 is 2.19 bits per heavy atom. The fourth-order valence-electron chi connectivity index (χ4n) is 4.49. The first kappa shape index (κ1) is 14.9. The topological polar surface area (TPSA) is 40.6 Å². The number of carbonyl (C=O) groups is 2. The van der Waals surface area contributed by atoms with Gasteiger partial charge in [0.05, 0.1) is 0 Å². The smallest absolute Gasteiger partial charge is 0.245 e. The van der Waals surface area contributed by atoms with Crippen LogP contribution in [-0.4, -0.2) is 47.3 Å². The molecule has 118 valence electrons. The zero-order valence-electron chi connectivity index (χ0n) is 13.2. The Hall–Kier alpha value is -1.06. The van der Waals surface area contributed by atoms with E-state index in [0.29, 0.717) is 6.42 Å². The third-order valence-corrected chi connectivity index (χ3v) is 5.70. The van der Waals surface area contributed by atoms with Crippen molar-refractivity contribution in [3.05, 3.63) is 0 Å². The average molecular weight is 292 g/mol. The molecule has 21 heavy (non-hydrogen) atoms. The van der Waals surface area contributed by atoms with E-state index in [0.717, 1.165) is 50.7 Å². The summed E-state index contributed by atoms with van der Waals surface area (Å²) in [7, 11) is 0. The molecular weight excluding hydrogens is 264 g/mol. The molecule has 0 aromatic heterocycles. The molecule has 2 saturated heterocycles. The molecule has 3 aliphatic rings. The van der Waals surface area contributed by atoms with Crippen LogP contribution in [0.25, 0.3) is 0 Å². The number of hydrogen-bond acceptors (Lipinski definition) is 2. The van der Waals surface area contributed by atoms with Crippen molar-refractivity contribution in [3.8, 4) is 0 Å². The van der Waals surface area contributed by atoms with Gasteiger partial charge in [-0.2, -0.15) is 0 Å². The first-order valence-corrected chi connectivity index (χ1v) is 8.79. The largest absolute Gasteiger partial charge is 0.340 e. The van der Waals surface area contributed by atoms with Gasteiger partial charge in [-0.05, 0) is 43.9 Å². The molecule has 3 fully saturated rings. The maximum atomic E-state index is 12.9. The zero-order valence-corrected chi connectivity index (χ0v) is 13.2. The quantitative estimate of drug-likeness (QED) is 0.784. The Labute approximate surface area is 127 Å². The van der Waals surface area contributed by atoms with E-state index in [2.05, 4.69) is 4.90 Å². The minimum absolute atomic E-state index is 0.143. The lowest BCUT2D eigenvalue weighted by Crippen LogP contribution is -2.52. The van der Waals surface area contributed by atoms with Crippen LogP contribution in [0.5, 0.6) is 0 Å². The van der Waals surface area contributed by atoms with Gasteiger partial charge < -0.3 is 9.80 Å². The number of likely N-dealkylation sites (tertiary alicyclic amines) is 2. The van der Waals surface area contributed by atoms with Crippen LogP contribution in [0.15, 0.2) is 0 Å². The highest BCUT2D eigenvalue weighted by atomic mass is 16.2. The van der Waals surface area contributed by atoms with E-state index in [9.17, 15) is 9.59 Å².